The van der Waals surface area contributed by atoms with Gasteiger partial charge in [0.05, 0.1) is 21.7 Å². The van der Waals surface area contributed by atoms with Crippen molar-refractivity contribution in [1.82, 2.24) is 4.57 Å². The molecule has 1 aromatic heterocycles. The number of nitrogens with one attached hydrogen (secondary N) is 1. The molecule has 6 nitrogen and oxygen atoms in total. The smallest absolute Gasteiger partial charge is 0.279 e. The number of thiazole rings is 1. The van der Waals surface area contributed by atoms with Crippen LogP contribution in [0.2, 0.25) is 0 Å². The molecule has 0 saturated carbocycles. The summed E-state index contributed by atoms with van der Waals surface area (Å²) < 4.78 is 31.3. The summed E-state index contributed by atoms with van der Waals surface area (Å²) in [6.07, 6.45) is 5.51. The second kappa shape index (κ2) is 9.12. The highest BCUT2D eigenvalue weighted by molar-refractivity contribution is 9.10. The first-order valence-corrected chi connectivity index (χ1v) is 12.5. The number of hydrogen-bond donors (Lipinski definition) is 1. The Balaban J connectivity index is 1.69. The van der Waals surface area contributed by atoms with Crippen LogP contribution in [0.3, 0.4) is 0 Å². The van der Waals surface area contributed by atoms with Gasteiger partial charge in [0.1, 0.15) is 0 Å². The second-order valence-corrected chi connectivity index (χ2v) is 10.3. The summed E-state index contributed by atoms with van der Waals surface area (Å²) in [6, 6.07) is 20.0. The van der Waals surface area contributed by atoms with Crippen molar-refractivity contribution >= 4 is 59.1 Å². The average Bonchev–Trinajstić information content (AvgIpc) is 3.10. The molecule has 4 rings (SSSR count). The van der Waals surface area contributed by atoms with E-state index in [-0.39, 0.29) is 22.7 Å². The number of rotatable bonds is 5. The van der Waals surface area contributed by atoms with E-state index >= 15 is 0 Å². The lowest BCUT2D eigenvalue weighted by atomic mass is 10.2. The molecule has 0 radical (unpaired) electrons. The minimum absolute atomic E-state index is 0.133. The average molecular weight is 526 g/mol. The topological polar surface area (TPSA) is 80.5 Å². The number of carbonyl (C=O) groups excluding carboxylic acids is 1. The molecule has 0 fully saturated rings. The van der Waals surface area contributed by atoms with Gasteiger partial charge >= 0.3 is 0 Å². The van der Waals surface area contributed by atoms with E-state index in [1.807, 2.05) is 18.2 Å². The summed E-state index contributed by atoms with van der Waals surface area (Å²) in [5.41, 5.74) is 1.41. The first-order chi connectivity index (χ1) is 15.4. The largest absolute Gasteiger partial charge is 0.305 e. The van der Waals surface area contributed by atoms with Crippen LogP contribution < -0.4 is 9.52 Å². The zero-order chi connectivity index (χ0) is 22.7. The number of aromatic nitrogens is 1. The Labute approximate surface area is 197 Å². The molecule has 0 saturated heterocycles. The molecule has 32 heavy (non-hydrogen) atoms. The van der Waals surface area contributed by atoms with Crippen molar-refractivity contribution in [2.45, 2.75) is 11.4 Å². The molecule has 0 spiro atoms. The van der Waals surface area contributed by atoms with Crippen LogP contribution in [0, 0.1) is 12.3 Å². The second-order valence-electron chi connectivity index (χ2n) is 6.70. The van der Waals surface area contributed by atoms with E-state index in [4.69, 9.17) is 6.42 Å². The van der Waals surface area contributed by atoms with Crippen molar-refractivity contribution in [2.75, 3.05) is 4.72 Å². The van der Waals surface area contributed by atoms with Crippen molar-refractivity contribution in [3.05, 3.63) is 87.6 Å². The third-order valence-corrected chi connectivity index (χ3v) is 7.44. The predicted octanol–water partition coefficient (Wildman–Crippen LogP) is 4.64. The molecule has 9 heteroatoms. The fourth-order valence-corrected chi connectivity index (χ4v) is 5.71. The van der Waals surface area contributed by atoms with E-state index in [0.29, 0.717) is 4.80 Å². The Morgan fingerprint density at radius 3 is 2.62 bits per heavy atom. The third-order valence-electron chi connectivity index (χ3n) is 4.51. The number of nitrogens with zero attached hydrogens (tertiary/aromatic N) is 2. The summed E-state index contributed by atoms with van der Waals surface area (Å²) in [6.45, 7) is 0.269. The third kappa shape index (κ3) is 4.67. The highest BCUT2D eigenvalue weighted by atomic mass is 79.9. The number of halogens is 1. The van der Waals surface area contributed by atoms with Crippen molar-refractivity contribution < 1.29 is 13.2 Å². The van der Waals surface area contributed by atoms with Crippen LogP contribution >= 0.6 is 27.3 Å². The van der Waals surface area contributed by atoms with Crippen LogP contribution in [-0.2, 0) is 16.6 Å². The molecule has 1 N–H and O–H groups in total. The summed E-state index contributed by atoms with van der Waals surface area (Å²) in [4.78, 5) is 17.8. The van der Waals surface area contributed by atoms with E-state index in [2.05, 4.69) is 31.6 Å². The fraction of sp³-hybridized carbons (Fsp3) is 0.0435. The molecular weight excluding hydrogens is 510 g/mol. The quantitative estimate of drug-likeness (QED) is 0.385. The fourth-order valence-electron chi connectivity index (χ4n) is 3.06. The lowest BCUT2D eigenvalue weighted by molar-refractivity contribution is 0.0998. The van der Waals surface area contributed by atoms with Gasteiger partial charge in [-0.15, -0.1) is 6.42 Å². The number of sulfonamides is 1. The number of fused-ring (bicyclic) bond motifs is 1. The number of amides is 1. The van der Waals surface area contributed by atoms with Gasteiger partial charge in [-0.3, -0.25) is 9.52 Å². The Hall–Kier alpha value is -3.19. The molecule has 1 heterocycles. The minimum atomic E-state index is -3.77. The number of carbonyl (C=O) groups is 1. The van der Waals surface area contributed by atoms with Crippen molar-refractivity contribution in [1.29, 1.82) is 0 Å². The van der Waals surface area contributed by atoms with Crippen LogP contribution in [0.15, 0.2) is 87.2 Å². The van der Waals surface area contributed by atoms with Crippen molar-refractivity contribution in [2.24, 2.45) is 4.99 Å². The maximum atomic E-state index is 12.9. The van der Waals surface area contributed by atoms with Gasteiger partial charge in [0.25, 0.3) is 15.9 Å². The predicted molar refractivity (Wildman–Crippen MR) is 130 cm³/mol. The first kappa shape index (κ1) is 22.0. The molecule has 0 aliphatic carbocycles. The lowest BCUT2D eigenvalue weighted by Crippen LogP contribution is -2.16. The highest BCUT2D eigenvalue weighted by Crippen LogP contribution is 2.22. The van der Waals surface area contributed by atoms with Gasteiger partial charge in [-0.25, -0.2) is 8.42 Å². The van der Waals surface area contributed by atoms with E-state index in [1.165, 1.54) is 29.5 Å². The summed E-state index contributed by atoms with van der Waals surface area (Å²) in [7, 11) is -3.77. The summed E-state index contributed by atoms with van der Waals surface area (Å²) >= 11 is 4.80. The Kier molecular flexibility index (Phi) is 6.28. The van der Waals surface area contributed by atoms with Crippen LogP contribution in [0.4, 0.5) is 5.69 Å². The van der Waals surface area contributed by atoms with E-state index < -0.39 is 15.9 Å². The molecular formula is C23H16BrN3O3S2. The zero-order valence-electron chi connectivity index (χ0n) is 16.5. The van der Waals surface area contributed by atoms with Crippen molar-refractivity contribution in [3.8, 4) is 12.3 Å². The summed E-state index contributed by atoms with van der Waals surface area (Å²) in [5.74, 6) is 2.09. The molecule has 0 unspecified atom stereocenters. The standard InChI is InChI=1S/C23H16BrN3O3S2/c1-2-13-27-20-12-11-17(24)15-21(20)31-23(27)25-22(28)16-7-6-8-18(14-16)26-32(29,30)19-9-4-3-5-10-19/h1,3-12,14-15,26H,13H2. The van der Waals surface area contributed by atoms with Crippen LogP contribution in [0.1, 0.15) is 10.4 Å². The van der Waals surface area contributed by atoms with Gasteiger partial charge < -0.3 is 4.57 Å². The maximum Gasteiger partial charge on any atom is 0.279 e. The van der Waals surface area contributed by atoms with Gasteiger partial charge in [0, 0.05) is 15.7 Å². The van der Waals surface area contributed by atoms with Crippen LogP contribution in [0.25, 0.3) is 10.2 Å². The first-order valence-electron chi connectivity index (χ1n) is 9.37. The van der Waals surface area contributed by atoms with Gasteiger partial charge in [-0.2, -0.15) is 4.99 Å². The number of terminal acetylenes is 1. The molecule has 4 aromatic rings. The number of benzene rings is 3. The van der Waals surface area contributed by atoms with Crippen molar-refractivity contribution in [3.63, 3.8) is 0 Å². The number of anilines is 1. The van der Waals surface area contributed by atoms with Crippen LogP contribution in [0.5, 0.6) is 0 Å². The molecule has 0 aliphatic rings. The molecule has 3 aromatic carbocycles. The van der Waals surface area contributed by atoms with E-state index in [0.717, 1.165) is 14.7 Å². The van der Waals surface area contributed by atoms with Crippen LogP contribution in [-0.4, -0.2) is 18.9 Å². The molecule has 1 amide bonds. The van der Waals surface area contributed by atoms with Gasteiger partial charge in [-0.1, -0.05) is 57.5 Å². The minimum Gasteiger partial charge on any atom is -0.305 e. The Morgan fingerprint density at radius 2 is 1.88 bits per heavy atom. The van der Waals surface area contributed by atoms with Gasteiger partial charge in [-0.05, 0) is 48.5 Å². The SMILES string of the molecule is C#CCn1c(=NC(=O)c2cccc(NS(=O)(=O)c3ccccc3)c2)sc2cc(Br)ccc21. The Bertz CT molecular complexity index is 1530. The number of hydrogen-bond acceptors (Lipinski definition) is 4. The van der Waals surface area contributed by atoms with E-state index in [1.54, 1.807) is 41.0 Å². The monoisotopic (exact) mass is 525 g/mol. The molecule has 160 valence electrons. The summed E-state index contributed by atoms with van der Waals surface area (Å²) in [5, 5.41) is 0. The molecule has 0 atom stereocenters. The van der Waals surface area contributed by atoms with Gasteiger partial charge in [0.2, 0.25) is 0 Å². The maximum absolute atomic E-state index is 12.9. The lowest BCUT2D eigenvalue weighted by Gasteiger charge is -2.08. The normalized spacial score (nSPS) is 11.9. The zero-order valence-corrected chi connectivity index (χ0v) is 19.7. The highest BCUT2D eigenvalue weighted by Gasteiger charge is 2.15. The molecule has 0 aliphatic heterocycles. The molecule has 0 bridgehead atoms. The van der Waals surface area contributed by atoms with Gasteiger partial charge in [0.15, 0.2) is 4.80 Å². The van der Waals surface area contributed by atoms with E-state index in [9.17, 15) is 13.2 Å². The Morgan fingerprint density at radius 1 is 1.09 bits per heavy atom.